The van der Waals surface area contributed by atoms with Crippen molar-refractivity contribution in [3.63, 3.8) is 0 Å². The Morgan fingerprint density at radius 2 is 1.85 bits per heavy atom. The van der Waals surface area contributed by atoms with Crippen LogP contribution >= 0.6 is 23.2 Å². The summed E-state index contributed by atoms with van der Waals surface area (Å²) in [5, 5.41) is 2.89. The highest BCUT2D eigenvalue weighted by molar-refractivity contribution is 6.44. The summed E-state index contributed by atoms with van der Waals surface area (Å²) >= 11 is 12.0. The number of ether oxygens (including phenoxy) is 1. The minimum atomic E-state index is -0.692. The molecule has 1 aliphatic rings. The number of aryl methyl sites for hydroxylation is 1. The second-order valence-corrected chi connectivity index (χ2v) is 5.93. The van der Waals surface area contributed by atoms with Crippen molar-refractivity contribution in [2.45, 2.75) is 17.9 Å². The van der Waals surface area contributed by atoms with Gasteiger partial charge < -0.3 is 10.1 Å². The largest absolute Gasteiger partial charge is 0.379 e. The number of carbonyl (C=O) groups is 1. The van der Waals surface area contributed by atoms with E-state index in [4.69, 9.17) is 27.9 Å². The third kappa shape index (κ3) is 4.09. The second kappa shape index (κ2) is 7.27. The van der Waals surface area contributed by atoms with E-state index in [1.165, 1.54) is 0 Å². The van der Waals surface area contributed by atoms with Gasteiger partial charge in [0.05, 0.1) is 13.2 Å². The molecule has 2 rings (SSSR count). The molecule has 1 amide bonds. The lowest BCUT2D eigenvalue weighted by Gasteiger charge is -2.35. The number of rotatable bonds is 4. The number of hydrogen-bond donors (Lipinski definition) is 1. The Kier molecular flexibility index (Phi) is 5.66. The SMILES string of the molecule is Cc1ccc(C(=O)NC(C(Cl)Cl)N2CCOCC2)cc1. The van der Waals surface area contributed by atoms with Crippen molar-refractivity contribution >= 4 is 29.1 Å². The maximum Gasteiger partial charge on any atom is 0.252 e. The molecule has 110 valence electrons. The third-order valence-corrected chi connectivity index (χ3v) is 3.75. The van der Waals surface area contributed by atoms with E-state index in [0.717, 1.165) is 5.56 Å². The van der Waals surface area contributed by atoms with Crippen LogP contribution in [0.4, 0.5) is 0 Å². The Hall–Kier alpha value is -0.810. The maximum absolute atomic E-state index is 12.2. The van der Waals surface area contributed by atoms with Crippen LogP contribution in [0, 0.1) is 6.92 Å². The minimum Gasteiger partial charge on any atom is -0.379 e. The van der Waals surface area contributed by atoms with Crippen LogP contribution in [0.2, 0.25) is 0 Å². The zero-order chi connectivity index (χ0) is 14.5. The van der Waals surface area contributed by atoms with Gasteiger partial charge in [0.25, 0.3) is 5.91 Å². The second-order valence-electron chi connectivity index (χ2n) is 4.77. The monoisotopic (exact) mass is 316 g/mol. The fraction of sp³-hybridized carbons (Fsp3) is 0.500. The highest BCUT2D eigenvalue weighted by atomic mass is 35.5. The number of benzene rings is 1. The first-order chi connectivity index (χ1) is 9.58. The molecule has 1 fully saturated rings. The molecule has 4 nitrogen and oxygen atoms in total. The molecule has 1 atom stereocenters. The minimum absolute atomic E-state index is 0.173. The Bertz CT molecular complexity index is 445. The first kappa shape index (κ1) is 15.6. The van der Waals surface area contributed by atoms with Crippen molar-refractivity contribution in [2.24, 2.45) is 0 Å². The van der Waals surface area contributed by atoms with Gasteiger partial charge in [0, 0.05) is 18.7 Å². The quantitative estimate of drug-likeness (QED) is 0.866. The molecule has 0 aromatic heterocycles. The number of halogens is 2. The van der Waals surface area contributed by atoms with Crippen LogP contribution in [-0.2, 0) is 4.74 Å². The van der Waals surface area contributed by atoms with Gasteiger partial charge in [-0.05, 0) is 19.1 Å². The van der Waals surface area contributed by atoms with Gasteiger partial charge >= 0.3 is 0 Å². The molecule has 0 spiro atoms. The fourth-order valence-corrected chi connectivity index (χ4v) is 2.54. The Labute approximate surface area is 129 Å². The first-order valence-corrected chi connectivity index (χ1v) is 7.42. The van der Waals surface area contributed by atoms with Crippen molar-refractivity contribution in [3.05, 3.63) is 35.4 Å². The van der Waals surface area contributed by atoms with Crippen LogP contribution in [0.3, 0.4) is 0 Å². The van der Waals surface area contributed by atoms with Crippen molar-refractivity contribution < 1.29 is 9.53 Å². The van der Waals surface area contributed by atoms with Crippen molar-refractivity contribution in [3.8, 4) is 0 Å². The summed E-state index contributed by atoms with van der Waals surface area (Å²) in [7, 11) is 0. The smallest absolute Gasteiger partial charge is 0.252 e. The Morgan fingerprint density at radius 3 is 2.40 bits per heavy atom. The van der Waals surface area contributed by atoms with Crippen LogP contribution < -0.4 is 5.32 Å². The molecule has 1 N–H and O–H groups in total. The Balaban J connectivity index is 2.03. The molecule has 1 aliphatic heterocycles. The van der Waals surface area contributed by atoms with Crippen LogP contribution in [-0.4, -0.2) is 48.1 Å². The topological polar surface area (TPSA) is 41.6 Å². The predicted octanol–water partition coefficient (Wildman–Crippen LogP) is 2.19. The number of amides is 1. The number of morpholine rings is 1. The van der Waals surface area contributed by atoms with Gasteiger partial charge in [0.2, 0.25) is 0 Å². The summed E-state index contributed by atoms with van der Waals surface area (Å²) in [4.78, 5) is 13.6. The van der Waals surface area contributed by atoms with E-state index in [2.05, 4.69) is 5.32 Å². The van der Waals surface area contributed by atoms with Crippen LogP contribution in [0.5, 0.6) is 0 Å². The summed E-state index contributed by atoms with van der Waals surface area (Å²) in [6.45, 7) is 4.63. The number of carbonyl (C=O) groups excluding carboxylic acids is 1. The van der Waals surface area contributed by atoms with Gasteiger partial charge in [-0.1, -0.05) is 17.7 Å². The van der Waals surface area contributed by atoms with E-state index in [1.807, 2.05) is 24.0 Å². The molecule has 0 radical (unpaired) electrons. The summed E-state index contributed by atoms with van der Waals surface area (Å²) < 4.78 is 5.29. The van der Waals surface area contributed by atoms with Crippen LogP contribution in [0.1, 0.15) is 15.9 Å². The van der Waals surface area contributed by atoms with E-state index in [0.29, 0.717) is 31.9 Å². The lowest BCUT2D eigenvalue weighted by Crippen LogP contribution is -2.55. The van der Waals surface area contributed by atoms with E-state index < -0.39 is 11.0 Å². The molecule has 1 aromatic carbocycles. The molecular weight excluding hydrogens is 299 g/mol. The van der Waals surface area contributed by atoms with Gasteiger partial charge in [0.1, 0.15) is 11.0 Å². The number of alkyl halides is 2. The standard InChI is InChI=1S/C14H18Cl2N2O2/c1-10-2-4-11(5-3-10)14(19)17-13(12(15)16)18-6-8-20-9-7-18/h2-5,12-13H,6-9H2,1H3,(H,17,19). The average Bonchev–Trinajstić information content (AvgIpc) is 2.46. The Morgan fingerprint density at radius 1 is 1.25 bits per heavy atom. The zero-order valence-electron chi connectivity index (χ0n) is 11.3. The van der Waals surface area contributed by atoms with E-state index in [9.17, 15) is 4.79 Å². The summed E-state index contributed by atoms with van der Waals surface area (Å²) in [5.74, 6) is -0.173. The molecular formula is C14H18Cl2N2O2. The lowest BCUT2D eigenvalue weighted by molar-refractivity contribution is 0.0121. The fourth-order valence-electron chi connectivity index (χ4n) is 2.09. The van der Waals surface area contributed by atoms with Gasteiger partial charge in [0.15, 0.2) is 0 Å². The molecule has 1 saturated heterocycles. The van der Waals surface area contributed by atoms with Gasteiger partial charge in [-0.25, -0.2) is 0 Å². The van der Waals surface area contributed by atoms with E-state index >= 15 is 0 Å². The molecule has 6 heteroatoms. The molecule has 1 aromatic rings. The highest BCUT2D eigenvalue weighted by Crippen LogP contribution is 2.15. The third-order valence-electron chi connectivity index (χ3n) is 3.27. The number of nitrogens with one attached hydrogen (secondary N) is 1. The first-order valence-electron chi connectivity index (χ1n) is 6.55. The van der Waals surface area contributed by atoms with E-state index in [-0.39, 0.29) is 5.91 Å². The van der Waals surface area contributed by atoms with Crippen LogP contribution in [0.25, 0.3) is 0 Å². The van der Waals surface area contributed by atoms with Crippen molar-refractivity contribution in [1.82, 2.24) is 10.2 Å². The molecule has 0 saturated carbocycles. The number of hydrogen-bond acceptors (Lipinski definition) is 3. The van der Waals surface area contributed by atoms with Gasteiger partial charge in [-0.15, -0.1) is 23.2 Å². The number of nitrogens with zero attached hydrogens (tertiary/aromatic N) is 1. The van der Waals surface area contributed by atoms with Crippen LogP contribution in [0.15, 0.2) is 24.3 Å². The zero-order valence-corrected chi connectivity index (χ0v) is 12.8. The van der Waals surface area contributed by atoms with E-state index in [1.54, 1.807) is 12.1 Å². The molecule has 1 heterocycles. The maximum atomic E-state index is 12.2. The normalized spacial score (nSPS) is 18.0. The predicted molar refractivity (Wildman–Crippen MR) is 80.3 cm³/mol. The molecule has 0 bridgehead atoms. The summed E-state index contributed by atoms with van der Waals surface area (Å²) in [6, 6.07) is 7.38. The van der Waals surface area contributed by atoms with Gasteiger partial charge in [-0.3, -0.25) is 9.69 Å². The van der Waals surface area contributed by atoms with Crippen molar-refractivity contribution in [2.75, 3.05) is 26.3 Å². The average molecular weight is 317 g/mol. The molecule has 20 heavy (non-hydrogen) atoms. The van der Waals surface area contributed by atoms with Gasteiger partial charge in [-0.2, -0.15) is 0 Å². The summed E-state index contributed by atoms with van der Waals surface area (Å²) in [6.07, 6.45) is -0.406. The van der Waals surface area contributed by atoms with Crippen molar-refractivity contribution in [1.29, 1.82) is 0 Å². The highest BCUT2D eigenvalue weighted by Gasteiger charge is 2.28. The molecule has 1 unspecified atom stereocenters. The lowest BCUT2D eigenvalue weighted by atomic mass is 10.1. The summed E-state index contributed by atoms with van der Waals surface area (Å²) in [5.41, 5.74) is 1.71. The molecule has 0 aliphatic carbocycles.